The van der Waals surface area contributed by atoms with E-state index in [1.165, 1.54) is 14.7 Å². The van der Waals surface area contributed by atoms with Crippen molar-refractivity contribution >= 4 is 123 Å². The molecule has 6 N–H and O–H groups in total. The number of rotatable bonds is 18. The van der Waals surface area contributed by atoms with Gasteiger partial charge in [0.25, 0.3) is 0 Å². The van der Waals surface area contributed by atoms with E-state index >= 15 is 0 Å². The van der Waals surface area contributed by atoms with Crippen LogP contribution in [0.4, 0.5) is 0 Å². The van der Waals surface area contributed by atoms with Crippen LogP contribution in [0.3, 0.4) is 0 Å². The molecule has 0 rings (SSSR count). The molecule has 0 fully saturated rings. The fourth-order valence-corrected chi connectivity index (χ4v) is 3.36. The predicted octanol–water partition coefficient (Wildman–Crippen LogP) is -8.78. The number of hydrogen-bond acceptors (Lipinski definition) is 12. The van der Waals surface area contributed by atoms with E-state index in [1.54, 1.807) is 0 Å². The zero-order valence-corrected chi connectivity index (χ0v) is 29.8. The standard InChI is InChI=1S/3C7H11NO4S2.3Li/c3*9-5(10)1-3-8(7(13)14)4-2-6(11)12;;;/h3*1-4H2,(H,9,10)(H,11,12)(H,13,14);;;/q;;;3*+1/p-3. The van der Waals surface area contributed by atoms with E-state index in [0.717, 1.165) is 0 Å². The first-order valence-electron chi connectivity index (χ1n) is 11.5. The first-order chi connectivity index (χ1) is 19.3. The minimum atomic E-state index is -0.962. The minimum absolute atomic E-state index is 0. The third-order valence-corrected chi connectivity index (χ3v) is 5.90. The molecule has 0 aromatic heterocycles. The summed E-state index contributed by atoms with van der Waals surface area (Å²) in [5.74, 6) is -5.77. The molecule has 0 amide bonds. The van der Waals surface area contributed by atoms with Gasteiger partial charge < -0.3 is 120 Å². The van der Waals surface area contributed by atoms with Crippen LogP contribution in [-0.4, -0.2) is 133 Å². The van der Waals surface area contributed by atoms with Crippen molar-refractivity contribution in [2.75, 3.05) is 39.3 Å². The maximum Gasteiger partial charge on any atom is 1.00 e. The molecule has 0 aromatic rings. The van der Waals surface area contributed by atoms with Crippen molar-refractivity contribution in [1.29, 1.82) is 0 Å². The van der Waals surface area contributed by atoms with E-state index in [2.05, 4.69) is 74.5 Å². The molecule has 0 spiro atoms. The second-order valence-corrected chi connectivity index (χ2v) is 10.7. The van der Waals surface area contributed by atoms with Crippen LogP contribution >= 0.6 is 36.7 Å². The number of hydrogen-bond donors (Lipinski definition) is 6. The quantitative estimate of drug-likeness (QED) is 0.0437. The van der Waals surface area contributed by atoms with Crippen molar-refractivity contribution < 1.29 is 116 Å². The van der Waals surface area contributed by atoms with E-state index in [0.29, 0.717) is 0 Å². The van der Waals surface area contributed by atoms with Gasteiger partial charge in [-0.15, -0.1) is 0 Å². The van der Waals surface area contributed by atoms with Crippen LogP contribution in [0.15, 0.2) is 0 Å². The summed E-state index contributed by atoms with van der Waals surface area (Å²) in [6.45, 7) is 0.946. The number of carbonyl (C=O) groups is 6. The summed E-state index contributed by atoms with van der Waals surface area (Å²) < 4.78 is 0.313. The van der Waals surface area contributed by atoms with Crippen molar-refractivity contribution in [3.05, 3.63) is 0 Å². The average Bonchev–Trinajstić information content (AvgIpc) is 2.83. The molecule has 0 unspecified atom stereocenters. The van der Waals surface area contributed by atoms with Crippen LogP contribution in [0.25, 0.3) is 0 Å². The molecule has 24 heteroatoms. The van der Waals surface area contributed by atoms with E-state index in [4.69, 9.17) is 30.6 Å². The van der Waals surface area contributed by atoms with E-state index in [1.807, 2.05) is 0 Å². The minimum Gasteiger partial charge on any atom is -0.481 e. The zero-order chi connectivity index (χ0) is 33.4. The Bertz CT molecular complexity index is 812. The molecule has 0 saturated carbocycles. The number of thiocarbonyl (C=S) groups is 3. The molecule has 0 aliphatic rings. The summed E-state index contributed by atoms with van der Waals surface area (Å²) in [6, 6.07) is 0. The SMILES string of the molecule is O=C(O)CCN(CCC(=O)O)C(=S)[S-].O=C(O)CCN(CCC(=O)O)C(=S)[S-].O=C(O)CCN(CCC(=O)O)C(=S)[S-].[Li+].[Li+].[Li+]. The normalized spacial score (nSPS) is 8.80. The Morgan fingerprint density at radius 1 is 0.378 bits per heavy atom. The molecule has 0 aromatic carbocycles. The molecule has 0 heterocycles. The average molecular weight is 730 g/mol. The van der Waals surface area contributed by atoms with Crippen LogP contribution < -0.4 is 56.6 Å². The van der Waals surface area contributed by atoms with Crippen LogP contribution in [0.1, 0.15) is 38.5 Å². The van der Waals surface area contributed by atoms with Crippen molar-refractivity contribution in [2.45, 2.75) is 38.5 Å². The molecular formula is C21H30Li3N3O12S6. The monoisotopic (exact) mass is 729 g/mol. The van der Waals surface area contributed by atoms with Crippen molar-refractivity contribution in [3.8, 4) is 0 Å². The summed E-state index contributed by atoms with van der Waals surface area (Å²) in [5.41, 5.74) is 0. The third kappa shape index (κ3) is 42.9. The van der Waals surface area contributed by atoms with Gasteiger partial charge in [-0.05, 0) is 0 Å². The molecule has 0 saturated heterocycles. The third-order valence-electron chi connectivity index (χ3n) is 4.35. The van der Waals surface area contributed by atoms with Gasteiger partial charge in [-0.3, -0.25) is 28.8 Å². The Kier molecular flexibility index (Phi) is 42.9. The maximum absolute atomic E-state index is 10.2. The van der Waals surface area contributed by atoms with Crippen molar-refractivity contribution in [1.82, 2.24) is 14.7 Å². The second kappa shape index (κ2) is 34.3. The summed E-state index contributed by atoms with van der Waals surface area (Å²) in [5, 5.41) is 50.4. The molecule has 0 aliphatic heterocycles. The van der Waals surface area contributed by atoms with Crippen LogP contribution in [0.5, 0.6) is 0 Å². The van der Waals surface area contributed by atoms with Crippen LogP contribution in [0.2, 0.25) is 0 Å². The first-order valence-corrected chi connectivity index (χ1v) is 13.9. The fourth-order valence-electron chi connectivity index (χ4n) is 2.27. The topological polar surface area (TPSA) is 234 Å². The van der Waals surface area contributed by atoms with Crippen LogP contribution in [-0.2, 0) is 66.7 Å². The molecule has 0 atom stereocenters. The Morgan fingerprint density at radius 3 is 0.556 bits per heavy atom. The van der Waals surface area contributed by atoms with Gasteiger partial charge in [-0.1, -0.05) is 13.0 Å². The molecule has 240 valence electrons. The second-order valence-electron chi connectivity index (χ2n) is 7.62. The fraction of sp³-hybridized carbons (Fsp3) is 0.571. The number of carboxylic acid groups (broad SMARTS) is 6. The molecule has 45 heavy (non-hydrogen) atoms. The largest absolute Gasteiger partial charge is 1.00 e. The van der Waals surface area contributed by atoms with Crippen LogP contribution in [0, 0.1) is 0 Å². The van der Waals surface area contributed by atoms with Gasteiger partial charge >= 0.3 is 92.4 Å². The van der Waals surface area contributed by atoms with Gasteiger partial charge in [-0.25, -0.2) is 0 Å². The van der Waals surface area contributed by atoms with Gasteiger partial charge in [-0.2, -0.15) is 0 Å². The number of nitrogens with zero attached hydrogens (tertiary/aromatic N) is 3. The summed E-state index contributed by atoms with van der Waals surface area (Å²) in [6.07, 6.45) is -0.605. The van der Waals surface area contributed by atoms with Gasteiger partial charge in [0.2, 0.25) is 0 Å². The number of carboxylic acids is 6. The number of aliphatic carboxylic acids is 6. The summed E-state index contributed by atoms with van der Waals surface area (Å²) >= 11 is 28.1. The van der Waals surface area contributed by atoms with Crippen molar-refractivity contribution in [2.24, 2.45) is 0 Å². The Morgan fingerprint density at radius 2 is 0.489 bits per heavy atom. The van der Waals surface area contributed by atoms with Gasteiger partial charge in [0, 0.05) is 39.3 Å². The zero-order valence-electron chi connectivity index (χ0n) is 24.9. The van der Waals surface area contributed by atoms with Crippen molar-refractivity contribution in [3.63, 3.8) is 0 Å². The maximum atomic E-state index is 10.2. The van der Waals surface area contributed by atoms with Gasteiger partial charge in [0.05, 0.1) is 38.5 Å². The van der Waals surface area contributed by atoms with E-state index < -0.39 is 35.8 Å². The molecule has 0 radical (unpaired) electrons. The predicted molar refractivity (Wildman–Crippen MR) is 168 cm³/mol. The smallest absolute Gasteiger partial charge is 0.481 e. The summed E-state index contributed by atoms with van der Waals surface area (Å²) in [4.78, 5) is 65.7. The Labute approximate surface area is 328 Å². The van der Waals surface area contributed by atoms with Gasteiger partial charge in [0.15, 0.2) is 0 Å². The van der Waals surface area contributed by atoms with E-state index in [-0.39, 0.29) is 147 Å². The molecular weight excluding hydrogens is 699 g/mol. The Hall–Kier alpha value is -1.06. The summed E-state index contributed by atoms with van der Waals surface area (Å²) in [7, 11) is 0. The molecule has 15 nitrogen and oxygen atoms in total. The van der Waals surface area contributed by atoms with Gasteiger partial charge in [0.1, 0.15) is 0 Å². The van der Waals surface area contributed by atoms with E-state index in [9.17, 15) is 28.8 Å². The Balaban J connectivity index is -0.000000123. The molecule has 0 bridgehead atoms. The molecule has 0 aliphatic carbocycles. The first kappa shape index (κ1) is 56.3.